The van der Waals surface area contributed by atoms with Crippen LogP contribution in [0.2, 0.25) is 0 Å². The molecule has 1 aromatic heterocycles. The molecule has 1 amide bonds. The van der Waals surface area contributed by atoms with Gasteiger partial charge in [0.05, 0.1) is 11.4 Å². The van der Waals surface area contributed by atoms with Crippen LogP contribution < -0.4 is 11.1 Å². The first-order chi connectivity index (χ1) is 12.8. The van der Waals surface area contributed by atoms with E-state index in [4.69, 9.17) is 5.73 Å². The van der Waals surface area contributed by atoms with Crippen molar-refractivity contribution in [2.24, 2.45) is 5.73 Å². The van der Waals surface area contributed by atoms with Crippen molar-refractivity contribution >= 4 is 11.6 Å². The summed E-state index contributed by atoms with van der Waals surface area (Å²) in [6.07, 6.45) is -4.75. The molecule has 0 spiro atoms. The van der Waals surface area contributed by atoms with Crippen molar-refractivity contribution in [2.75, 3.05) is 5.32 Å². The van der Waals surface area contributed by atoms with Gasteiger partial charge in [-0.1, -0.05) is 24.3 Å². The Kier molecular flexibility index (Phi) is 4.95. The van der Waals surface area contributed by atoms with Crippen molar-refractivity contribution < 1.29 is 22.4 Å². The Hall–Kier alpha value is -3.20. The number of para-hydroxylation sites is 1. The van der Waals surface area contributed by atoms with Crippen LogP contribution in [0.1, 0.15) is 21.7 Å². The molecule has 3 rings (SSSR count). The molecule has 5 nitrogen and oxygen atoms in total. The quantitative estimate of drug-likeness (QED) is 0.680. The van der Waals surface area contributed by atoms with Gasteiger partial charge in [-0.25, -0.2) is 9.07 Å². The summed E-state index contributed by atoms with van der Waals surface area (Å²) in [5.41, 5.74) is 4.66. The van der Waals surface area contributed by atoms with Crippen molar-refractivity contribution in [3.63, 3.8) is 0 Å². The number of anilines is 1. The molecular formula is C18H14F4N4O. The molecule has 0 atom stereocenters. The largest absolute Gasteiger partial charge is 0.435 e. The predicted molar refractivity (Wildman–Crippen MR) is 90.8 cm³/mol. The fourth-order valence-electron chi connectivity index (χ4n) is 2.44. The maximum absolute atomic E-state index is 13.8. The predicted octanol–water partition coefficient (Wildman–Crippen LogP) is 3.74. The van der Waals surface area contributed by atoms with Crippen molar-refractivity contribution in [3.8, 4) is 5.69 Å². The monoisotopic (exact) mass is 378 g/mol. The molecule has 0 fully saturated rings. The SMILES string of the molecule is NCc1cccc(-n2nc(C(F)(F)F)cc2C(=O)Nc2ccccc2F)c1. The average molecular weight is 378 g/mol. The third-order valence-corrected chi connectivity index (χ3v) is 3.75. The van der Waals surface area contributed by atoms with Crippen molar-refractivity contribution in [3.05, 3.63) is 77.4 Å². The van der Waals surface area contributed by atoms with Crippen LogP contribution in [-0.4, -0.2) is 15.7 Å². The number of rotatable bonds is 4. The highest BCUT2D eigenvalue weighted by molar-refractivity contribution is 6.03. The number of amides is 1. The first-order valence-electron chi connectivity index (χ1n) is 7.82. The van der Waals surface area contributed by atoms with Crippen LogP contribution in [0.3, 0.4) is 0 Å². The number of alkyl halides is 3. The molecule has 0 aliphatic heterocycles. The molecule has 1 heterocycles. The van der Waals surface area contributed by atoms with E-state index >= 15 is 0 Å². The highest BCUT2D eigenvalue weighted by Gasteiger charge is 2.36. The number of nitrogens with one attached hydrogen (secondary N) is 1. The molecule has 9 heteroatoms. The summed E-state index contributed by atoms with van der Waals surface area (Å²) in [6.45, 7) is 0.165. The summed E-state index contributed by atoms with van der Waals surface area (Å²) >= 11 is 0. The van der Waals surface area contributed by atoms with Gasteiger partial charge in [0, 0.05) is 12.6 Å². The minimum atomic E-state index is -4.75. The fraction of sp³-hybridized carbons (Fsp3) is 0.111. The molecule has 140 valence electrons. The van der Waals surface area contributed by atoms with Crippen molar-refractivity contribution in [1.29, 1.82) is 0 Å². The topological polar surface area (TPSA) is 72.9 Å². The van der Waals surface area contributed by atoms with Gasteiger partial charge in [0.15, 0.2) is 5.69 Å². The lowest BCUT2D eigenvalue weighted by molar-refractivity contribution is -0.141. The highest BCUT2D eigenvalue weighted by atomic mass is 19.4. The number of carbonyl (C=O) groups excluding carboxylic acids is 1. The Morgan fingerprint density at radius 1 is 1.11 bits per heavy atom. The Morgan fingerprint density at radius 3 is 2.52 bits per heavy atom. The molecule has 3 N–H and O–H groups in total. The average Bonchev–Trinajstić information content (AvgIpc) is 3.10. The molecule has 0 unspecified atom stereocenters. The number of nitrogens with two attached hydrogens (primary N) is 1. The summed E-state index contributed by atoms with van der Waals surface area (Å²) in [4.78, 5) is 12.5. The summed E-state index contributed by atoms with van der Waals surface area (Å²) in [7, 11) is 0. The van der Waals surface area contributed by atoms with Crippen LogP contribution in [0.5, 0.6) is 0 Å². The molecule has 0 bridgehead atoms. The van der Waals surface area contributed by atoms with Gasteiger partial charge in [-0.3, -0.25) is 4.79 Å². The van der Waals surface area contributed by atoms with Crippen LogP contribution in [0, 0.1) is 5.82 Å². The van der Waals surface area contributed by atoms with E-state index in [0.29, 0.717) is 11.6 Å². The third kappa shape index (κ3) is 3.98. The lowest BCUT2D eigenvalue weighted by Gasteiger charge is -2.10. The van der Waals surface area contributed by atoms with E-state index in [1.54, 1.807) is 12.1 Å². The Morgan fingerprint density at radius 2 is 1.85 bits per heavy atom. The van der Waals surface area contributed by atoms with Gasteiger partial charge in [-0.05, 0) is 29.8 Å². The smallest absolute Gasteiger partial charge is 0.326 e. The normalized spacial score (nSPS) is 11.4. The molecule has 0 saturated heterocycles. The molecule has 3 aromatic rings. The zero-order valence-electron chi connectivity index (χ0n) is 13.8. The number of benzene rings is 2. The van der Waals surface area contributed by atoms with Gasteiger partial charge in [0.25, 0.3) is 5.91 Å². The van der Waals surface area contributed by atoms with Gasteiger partial charge in [0.2, 0.25) is 0 Å². The highest BCUT2D eigenvalue weighted by Crippen LogP contribution is 2.30. The van der Waals surface area contributed by atoms with E-state index in [1.165, 1.54) is 30.3 Å². The zero-order chi connectivity index (χ0) is 19.6. The van der Waals surface area contributed by atoms with Crippen LogP contribution in [-0.2, 0) is 12.7 Å². The van der Waals surface area contributed by atoms with Crippen molar-refractivity contribution in [1.82, 2.24) is 9.78 Å². The maximum atomic E-state index is 13.8. The second-order valence-corrected chi connectivity index (χ2v) is 5.63. The summed E-state index contributed by atoms with van der Waals surface area (Å²) in [5.74, 6) is -1.64. The summed E-state index contributed by atoms with van der Waals surface area (Å²) in [6, 6.07) is 12.2. The van der Waals surface area contributed by atoms with Crippen LogP contribution in [0.4, 0.5) is 23.2 Å². The minimum Gasteiger partial charge on any atom is -0.326 e. The van der Waals surface area contributed by atoms with E-state index in [-0.39, 0.29) is 23.6 Å². The Bertz CT molecular complexity index is 981. The molecule has 0 radical (unpaired) electrons. The van der Waals surface area contributed by atoms with E-state index in [0.717, 1.165) is 10.7 Å². The van der Waals surface area contributed by atoms with E-state index in [9.17, 15) is 22.4 Å². The number of aromatic nitrogens is 2. The van der Waals surface area contributed by atoms with Gasteiger partial charge >= 0.3 is 6.18 Å². The summed E-state index contributed by atoms with van der Waals surface area (Å²) in [5, 5.41) is 5.77. The molecule has 0 aliphatic rings. The van der Waals surface area contributed by atoms with Gasteiger partial charge in [-0.2, -0.15) is 18.3 Å². The molecule has 0 saturated carbocycles. The summed E-state index contributed by atoms with van der Waals surface area (Å²) < 4.78 is 53.9. The molecular weight excluding hydrogens is 364 g/mol. The number of halogens is 4. The lowest BCUT2D eigenvalue weighted by Crippen LogP contribution is -2.17. The van der Waals surface area contributed by atoms with E-state index in [2.05, 4.69) is 10.4 Å². The maximum Gasteiger partial charge on any atom is 0.435 e. The molecule has 27 heavy (non-hydrogen) atoms. The lowest BCUT2D eigenvalue weighted by atomic mass is 10.2. The minimum absolute atomic E-state index is 0.153. The first kappa shape index (κ1) is 18.6. The van der Waals surface area contributed by atoms with Gasteiger partial charge in [-0.15, -0.1) is 0 Å². The number of hydrogen-bond donors (Lipinski definition) is 2. The van der Waals surface area contributed by atoms with Crippen LogP contribution >= 0.6 is 0 Å². The Labute approximate surface area is 151 Å². The third-order valence-electron chi connectivity index (χ3n) is 3.75. The zero-order valence-corrected chi connectivity index (χ0v) is 13.8. The fourth-order valence-corrected chi connectivity index (χ4v) is 2.44. The Balaban J connectivity index is 2.06. The number of nitrogens with zero attached hydrogens (tertiary/aromatic N) is 2. The second-order valence-electron chi connectivity index (χ2n) is 5.63. The van der Waals surface area contributed by atoms with Crippen molar-refractivity contribution in [2.45, 2.75) is 12.7 Å². The molecule has 2 aromatic carbocycles. The molecule has 0 aliphatic carbocycles. The second kappa shape index (κ2) is 7.20. The first-order valence-corrected chi connectivity index (χ1v) is 7.82. The van der Waals surface area contributed by atoms with Crippen LogP contribution in [0.25, 0.3) is 5.69 Å². The van der Waals surface area contributed by atoms with E-state index in [1.807, 2.05) is 0 Å². The standard InChI is InChI=1S/C18H14F4N4O/c19-13-6-1-2-7-14(13)24-17(27)15-9-16(18(20,21)22)25-26(15)12-5-3-4-11(8-12)10-23/h1-9H,10,23H2,(H,24,27). The van der Waals surface area contributed by atoms with E-state index < -0.39 is 23.6 Å². The van der Waals surface area contributed by atoms with Gasteiger partial charge in [0.1, 0.15) is 11.5 Å². The van der Waals surface area contributed by atoms with Crippen LogP contribution in [0.15, 0.2) is 54.6 Å². The van der Waals surface area contributed by atoms with Gasteiger partial charge < -0.3 is 11.1 Å². The number of carbonyl (C=O) groups is 1. The number of hydrogen-bond acceptors (Lipinski definition) is 3.